The third kappa shape index (κ3) is 4.88. The van der Waals surface area contributed by atoms with Gasteiger partial charge in [-0.1, -0.05) is 109 Å². The molecule has 2 heterocycles. The van der Waals surface area contributed by atoms with Gasteiger partial charge >= 0.3 is 0 Å². The quantitative estimate of drug-likeness (QED) is 0.170. The van der Waals surface area contributed by atoms with Crippen LogP contribution in [0.15, 0.2) is 191 Å². The van der Waals surface area contributed by atoms with Gasteiger partial charge in [-0.3, -0.25) is 0 Å². The molecule has 0 spiro atoms. The second kappa shape index (κ2) is 11.7. The molecule has 0 saturated heterocycles. The van der Waals surface area contributed by atoms with Gasteiger partial charge in [-0.2, -0.15) is 0 Å². The molecule has 248 valence electrons. The van der Waals surface area contributed by atoms with Gasteiger partial charge in [-0.05, 0) is 111 Å². The number of aromatic nitrogens is 1. The molecule has 4 heteroatoms. The van der Waals surface area contributed by atoms with Crippen molar-refractivity contribution in [3.63, 3.8) is 0 Å². The number of fused-ring (bicyclic) bond motifs is 9. The van der Waals surface area contributed by atoms with Crippen LogP contribution in [0.25, 0.3) is 87.9 Å². The molecule has 0 aliphatic heterocycles. The fourth-order valence-corrected chi connectivity index (χ4v) is 7.84. The molecule has 11 aromatic rings. The third-order valence-electron chi connectivity index (χ3n) is 10.4. The lowest BCUT2D eigenvalue weighted by atomic mass is 9.99. The van der Waals surface area contributed by atoms with E-state index in [0.717, 1.165) is 77.2 Å². The molecule has 0 unspecified atom stereocenters. The summed E-state index contributed by atoms with van der Waals surface area (Å²) in [5, 5.41) is 8.95. The van der Waals surface area contributed by atoms with E-state index in [2.05, 4.69) is 144 Å². The fraction of sp³-hybridized carbons (Fsp3) is 0. The second-order valence-corrected chi connectivity index (χ2v) is 13.6. The molecule has 0 aliphatic carbocycles. The Kier molecular flexibility index (Phi) is 6.52. The molecule has 0 atom stereocenters. The summed E-state index contributed by atoms with van der Waals surface area (Å²) in [7, 11) is 0. The zero-order valence-electron chi connectivity index (χ0n) is 28.5. The topological polar surface area (TPSA) is 42.4 Å². The van der Waals surface area contributed by atoms with Crippen LogP contribution in [0.4, 0.5) is 17.1 Å². The second-order valence-electron chi connectivity index (χ2n) is 13.6. The largest absolute Gasteiger partial charge is 0.456 e. The molecular weight excluding hydrogens is 649 g/mol. The summed E-state index contributed by atoms with van der Waals surface area (Å²) in [4.78, 5) is 7.26. The van der Waals surface area contributed by atoms with Crippen LogP contribution in [-0.4, -0.2) is 4.98 Å². The summed E-state index contributed by atoms with van der Waals surface area (Å²) < 4.78 is 12.8. The highest BCUT2D eigenvalue weighted by atomic mass is 16.3. The summed E-state index contributed by atoms with van der Waals surface area (Å²) in [6.07, 6.45) is 0. The van der Waals surface area contributed by atoms with Crippen molar-refractivity contribution in [2.24, 2.45) is 0 Å². The van der Waals surface area contributed by atoms with Gasteiger partial charge in [0.05, 0.1) is 0 Å². The molecule has 0 N–H and O–H groups in total. The van der Waals surface area contributed by atoms with Crippen LogP contribution in [0.3, 0.4) is 0 Å². The molecule has 0 amide bonds. The van der Waals surface area contributed by atoms with E-state index in [4.69, 9.17) is 13.8 Å². The molecule has 2 aromatic heterocycles. The first-order chi connectivity index (χ1) is 26.2. The minimum absolute atomic E-state index is 0.620. The lowest BCUT2D eigenvalue weighted by Crippen LogP contribution is -2.10. The van der Waals surface area contributed by atoms with E-state index in [0.29, 0.717) is 5.89 Å². The average Bonchev–Trinajstić information content (AvgIpc) is 3.83. The van der Waals surface area contributed by atoms with Crippen LogP contribution in [0.1, 0.15) is 0 Å². The maximum absolute atomic E-state index is 6.58. The number of furan rings is 1. The number of benzene rings is 9. The number of oxazole rings is 1. The van der Waals surface area contributed by atoms with Crippen molar-refractivity contribution in [2.75, 3.05) is 4.90 Å². The lowest BCUT2D eigenvalue weighted by Gasteiger charge is -2.26. The summed E-state index contributed by atoms with van der Waals surface area (Å²) >= 11 is 0. The van der Waals surface area contributed by atoms with Crippen LogP contribution in [0.5, 0.6) is 0 Å². The van der Waals surface area contributed by atoms with E-state index in [-0.39, 0.29) is 0 Å². The van der Waals surface area contributed by atoms with Gasteiger partial charge in [0.2, 0.25) is 5.89 Å². The first-order valence-corrected chi connectivity index (χ1v) is 17.9. The Labute approximate surface area is 304 Å². The van der Waals surface area contributed by atoms with Crippen molar-refractivity contribution in [1.82, 2.24) is 4.98 Å². The van der Waals surface area contributed by atoms with Gasteiger partial charge in [0.25, 0.3) is 0 Å². The SMILES string of the molecule is c1ccc(-c2ccc3cc(N(c4ccc5oc6ccccc6c5c4)c4ccc5ccc6ccc7nc(-c8ccccc8)oc7c6c5c4)ccc3c2)cc1. The fourth-order valence-electron chi connectivity index (χ4n) is 7.84. The Hall–Kier alpha value is -7.17. The number of para-hydroxylation sites is 1. The van der Waals surface area contributed by atoms with Crippen molar-refractivity contribution < 1.29 is 8.83 Å². The van der Waals surface area contributed by atoms with E-state index >= 15 is 0 Å². The predicted octanol–water partition coefficient (Wildman–Crippen LogP) is 14.0. The molecule has 0 radical (unpaired) electrons. The monoisotopic (exact) mass is 678 g/mol. The number of anilines is 3. The van der Waals surface area contributed by atoms with Crippen LogP contribution >= 0.6 is 0 Å². The predicted molar refractivity (Wildman–Crippen MR) is 219 cm³/mol. The minimum Gasteiger partial charge on any atom is -0.456 e. The van der Waals surface area contributed by atoms with Gasteiger partial charge < -0.3 is 13.7 Å². The molecule has 0 aliphatic rings. The Balaban J connectivity index is 1.13. The van der Waals surface area contributed by atoms with Crippen molar-refractivity contribution in [3.8, 4) is 22.6 Å². The van der Waals surface area contributed by atoms with E-state index in [1.807, 2.05) is 42.5 Å². The van der Waals surface area contributed by atoms with Crippen molar-refractivity contribution in [1.29, 1.82) is 0 Å². The van der Waals surface area contributed by atoms with Gasteiger partial charge in [-0.25, -0.2) is 4.98 Å². The average molecular weight is 679 g/mol. The highest BCUT2D eigenvalue weighted by molar-refractivity contribution is 6.19. The van der Waals surface area contributed by atoms with E-state index < -0.39 is 0 Å². The Bertz CT molecular complexity index is 3180. The lowest BCUT2D eigenvalue weighted by molar-refractivity contribution is 0.623. The molecule has 11 rings (SSSR count). The zero-order chi connectivity index (χ0) is 34.9. The van der Waals surface area contributed by atoms with Crippen LogP contribution in [0.2, 0.25) is 0 Å². The molecule has 0 bridgehead atoms. The van der Waals surface area contributed by atoms with Crippen molar-refractivity contribution in [3.05, 3.63) is 182 Å². The third-order valence-corrected chi connectivity index (χ3v) is 10.4. The molecule has 0 fully saturated rings. The van der Waals surface area contributed by atoms with Gasteiger partial charge in [0.15, 0.2) is 5.58 Å². The Morgan fingerprint density at radius 3 is 1.83 bits per heavy atom. The molecular formula is C49H30N2O2. The van der Waals surface area contributed by atoms with Gasteiger partial charge in [0.1, 0.15) is 16.7 Å². The smallest absolute Gasteiger partial charge is 0.227 e. The van der Waals surface area contributed by atoms with Crippen molar-refractivity contribution in [2.45, 2.75) is 0 Å². The molecule has 9 aromatic carbocycles. The van der Waals surface area contributed by atoms with Gasteiger partial charge in [-0.15, -0.1) is 0 Å². The maximum atomic E-state index is 6.58. The summed E-state index contributed by atoms with van der Waals surface area (Å²) in [6, 6.07) is 64.1. The van der Waals surface area contributed by atoms with Crippen LogP contribution < -0.4 is 4.90 Å². The highest BCUT2D eigenvalue weighted by Crippen LogP contribution is 2.43. The number of hydrogen-bond donors (Lipinski definition) is 0. The first-order valence-electron chi connectivity index (χ1n) is 17.9. The van der Waals surface area contributed by atoms with E-state index in [9.17, 15) is 0 Å². The Morgan fingerprint density at radius 2 is 0.981 bits per heavy atom. The Morgan fingerprint density at radius 1 is 0.377 bits per heavy atom. The number of hydrogen-bond acceptors (Lipinski definition) is 4. The van der Waals surface area contributed by atoms with Crippen molar-refractivity contribution >= 4 is 82.4 Å². The van der Waals surface area contributed by atoms with Crippen LogP contribution in [0, 0.1) is 0 Å². The minimum atomic E-state index is 0.620. The normalized spacial score (nSPS) is 11.8. The number of nitrogens with zero attached hydrogens (tertiary/aromatic N) is 2. The van der Waals surface area contributed by atoms with Gasteiger partial charge in [0, 0.05) is 38.8 Å². The van der Waals surface area contributed by atoms with E-state index in [1.54, 1.807) is 0 Å². The first kappa shape index (κ1) is 29.5. The summed E-state index contributed by atoms with van der Waals surface area (Å²) in [5.74, 6) is 0.620. The van der Waals surface area contributed by atoms with E-state index in [1.165, 1.54) is 21.9 Å². The summed E-state index contributed by atoms with van der Waals surface area (Å²) in [5.41, 5.74) is 9.90. The number of rotatable bonds is 5. The maximum Gasteiger partial charge on any atom is 0.227 e. The standard InChI is InChI=1S/C49H30N2O2/c1-3-9-31(10-4-1)35-17-18-37-28-38(23-20-36(37)27-35)51(40-24-26-46-43(30-40)41-13-7-8-14-45(41)52-46)39-22-19-32-15-16-33-21-25-44-48(47(33)42(32)29-39)53-49(50-44)34-11-5-2-6-12-34/h1-30H. The van der Waals surface area contributed by atoms with Crippen LogP contribution in [-0.2, 0) is 0 Å². The molecule has 4 nitrogen and oxygen atoms in total. The highest BCUT2D eigenvalue weighted by Gasteiger charge is 2.19. The molecule has 53 heavy (non-hydrogen) atoms. The molecule has 0 saturated carbocycles. The summed E-state index contributed by atoms with van der Waals surface area (Å²) in [6.45, 7) is 0. The zero-order valence-corrected chi connectivity index (χ0v) is 28.5.